The molecule has 280 valence electrons. The summed E-state index contributed by atoms with van der Waals surface area (Å²) in [5.74, 6) is 0. The molecule has 0 atom stereocenters. The van der Waals surface area contributed by atoms with Crippen molar-refractivity contribution in [1.82, 2.24) is 4.40 Å². The highest BCUT2D eigenvalue weighted by atomic mass is 15.1. The quantitative estimate of drug-likeness (QED) is 0.153. The van der Waals surface area contributed by atoms with Crippen LogP contribution in [-0.2, 0) is 0 Å². The summed E-state index contributed by atoms with van der Waals surface area (Å²) in [4.78, 5) is 2.43. The van der Waals surface area contributed by atoms with Gasteiger partial charge in [0.25, 0.3) is 0 Å². The normalized spacial score (nSPS) is 11.7. The number of hydrogen-bond donors (Lipinski definition) is 0. The lowest BCUT2D eigenvalue weighted by Crippen LogP contribution is -2.10. The largest absolute Gasteiger partial charge is 0.310 e. The SMILES string of the molecule is c1ccc(-c2c3ccccc3n3c(-c4ccc(N(c5ccc(-c6cccc7ccccc67)cc5)c5cc6ccccc6c6ccccc56)cc4)cc4ccccc4c23)cc1. The van der Waals surface area contributed by atoms with Crippen LogP contribution in [0.2, 0.25) is 0 Å². The first-order chi connectivity index (χ1) is 29.8. The summed E-state index contributed by atoms with van der Waals surface area (Å²) in [6, 6.07) is 84.3. The van der Waals surface area contributed by atoms with Crippen molar-refractivity contribution in [3.8, 4) is 33.5 Å². The van der Waals surface area contributed by atoms with Crippen LogP contribution in [0.4, 0.5) is 17.1 Å². The molecule has 2 heterocycles. The highest BCUT2D eigenvalue weighted by molar-refractivity contribution is 6.17. The van der Waals surface area contributed by atoms with Gasteiger partial charge >= 0.3 is 0 Å². The summed E-state index contributed by atoms with van der Waals surface area (Å²) in [7, 11) is 0. The molecule has 12 rings (SSSR count). The molecule has 2 aromatic heterocycles. The van der Waals surface area contributed by atoms with Gasteiger partial charge in [-0.15, -0.1) is 0 Å². The van der Waals surface area contributed by atoms with E-state index in [0.717, 1.165) is 28.3 Å². The Morgan fingerprint density at radius 1 is 0.317 bits per heavy atom. The summed E-state index contributed by atoms with van der Waals surface area (Å²) >= 11 is 0. The minimum Gasteiger partial charge on any atom is -0.310 e. The molecule has 0 bridgehead atoms. The van der Waals surface area contributed by atoms with Gasteiger partial charge in [0, 0.05) is 33.1 Å². The van der Waals surface area contributed by atoms with E-state index in [2.05, 4.69) is 240 Å². The molecule has 0 unspecified atom stereocenters. The Bertz CT molecular complexity index is 3580. The lowest BCUT2D eigenvalue weighted by atomic mass is 9.97. The van der Waals surface area contributed by atoms with Crippen LogP contribution in [0.1, 0.15) is 0 Å². The molecule has 60 heavy (non-hydrogen) atoms. The molecule has 0 aliphatic heterocycles. The molecular weight excluding hydrogens is 725 g/mol. The summed E-state index contributed by atoms with van der Waals surface area (Å²) in [6.07, 6.45) is 0. The van der Waals surface area contributed by atoms with Gasteiger partial charge in [0.2, 0.25) is 0 Å². The summed E-state index contributed by atoms with van der Waals surface area (Å²) in [5.41, 5.74) is 13.0. The molecule has 12 aromatic rings. The zero-order valence-electron chi connectivity index (χ0n) is 32.8. The first-order valence-corrected chi connectivity index (χ1v) is 20.7. The second-order valence-corrected chi connectivity index (χ2v) is 15.7. The Balaban J connectivity index is 1.06. The van der Waals surface area contributed by atoms with E-state index < -0.39 is 0 Å². The molecule has 0 saturated carbocycles. The molecule has 0 aliphatic carbocycles. The van der Waals surface area contributed by atoms with Crippen molar-refractivity contribution in [2.75, 3.05) is 4.90 Å². The first-order valence-electron chi connectivity index (χ1n) is 20.7. The number of benzene rings is 10. The van der Waals surface area contributed by atoms with Crippen LogP contribution in [0.15, 0.2) is 231 Å². The van der Waals surface area contributed by atoms with E-state index in [0.29, 0.717) is 0 Å². The zero-order chi connectivity index (χ0) is 39.6. The van der Waals surface area contributed by atoms with Crippen LogP contribution in [0.3, 0.4) is 0 Å². The molecule has 0 saturated heterocycles. The van der Waals surface area contributed by atoms with E-state index in [1.807, 2.05) is 0 Å². The Morgan fingerprint density at radius 3 is 1.58 bits per heavy atom. The average molecular weight is 763 g/mol. The zero-order valence-corrected chi connectivity index (χ0v) is 32.8. The summed E-state index contributed by atoms with van der Waals surface area (Å²) < 4.78 is 2.48. The van der Waals surface area contributed by atoms with Gasteiger partial charge in [0.05, 0.1) is 22.4 Å². The standard InChI is InChI=1S/C58H38N2/c1-2-16-42(17-3-1)57-53-26-12-13-28-54(53)60-55(37-44-19-6-9-23-50(44)58(57)60)41-31-35-46(36-32-41)59(56-38-43-18-5-8-22-49(43)51-24-10-11-25-52(51)56)45-33-29-40(30-34-45)48-27-14-20-39-15-4-7-21-47(39)48/h1-38H. The third-order valence-electron chi connectivity index (χ3n) is 12.3. The first kappa shape index (κ1) is 34.1. The molecule has 0 N–H and O–H groups in total. The van der Waals surface area contributed by atoms with Crippen molar-refractivity contribution < 1.29 is 0 Å². The molecule has 0 spiro atoms. The van der Waals surface area contributed by atoms with Gasteiger partial charge in [-0.3, -0.25) is 0 Å². The fourth-order valence-electron chi connectivity index (χ4n) is 9.60. The molecule has 0 fully saturated rings. The van der Waals surface area contributed by atoms with Crippen molar-refractivity contribution in [3.63, 3.8) is 0 Å². The monoisotopic (exact) mass is 762 g/mol. The van der Waals surface area contributed by atoms with Gasteiger partial charge in [0.15, 0.2) is 0 Å². The Morgan fingerprint density at radius 2 is 0.850 bits per heavy atom. The number of para-hydroxylation sites is 1. The maximum Gasteiger partial charge on any atom is 0.0625 e. The predicted octanol–water partition coefficient (Wildman–Crippen LogP) is 16.2. The highest BCUT2D eigenvalue weighted by Gasteiger charge is 2.21. The fourth-order valence-corrected chi connectivity index (χ4v) is 9.60. The van der Waals surface area contributed by atoms with Gasteiger partial charge in [-0.05, 0) is 97.0 Å². The lowest BCUT2D eigenvalue weighted by molar-refractivity contribution is 1.26. The van der Waals surface area contributed by atoms with E-state index >= 15 is 0 Å². The van der Waals surface area contributed by atoms with E-state index in [-0.39, 0.29) is 0 Å². The van der Waals surface area contributed by atoms with Crippen LogP contribution >= 0.6 is 0 Å². The van der Waals surface area contributed by atoms with Crippen molar-refractivity contribution >= 4 is 76.6 Å². The van der Waals surface area contributed by atoms with Crippen LogP contribution in [0, 0.1) is 0 Å². The predicted molar refractivity (Wildman–Crippen MR) is 256 cm³/mol. The third kappa shape index (κ3) is 5.42. The Labute approximate surface area is 348 Å². The van der Waals surface area contributed by atoms with Gasteiger partial charge in [-0.25, -0.2) is 0 Å². The van der Waals surface area contributed by atoms with Crippen LogP contribution in [-0.4, -0.2) is 4.40 Å². The number of hydrogen-bond acceptors (Lipinski definition) is 1. The second-order valence-electron chi connectivity index (χ2n) is 15.7. The van der Waals surface area contributed by atoms with E-state index in [4.69, 9.17) is 0 Å². The fraction of sp³-hybridized carbons (Fsp3) is 0. The maximum atomic E-state index is 2.48. The number of pyridine rings is 1. The van der Waals surface area contributed by atoms with Crippen molar-refractivity contribution in [2.24, 2.45) is 0 Å². The van der Waals surface area contributed by atoms with Crippen LogP contribution < -0.4 is 4.90 Å². The van der Waals surface area contributed by atoms with Gasteiger partial charge in [0.1, 0.15) is 0 Å². The lowest BCUT2D eigenvalue weighted by Gasteiger charge is -2.28. The van der Waals surface area contributed by atoms with Crippen LogP contribution in [0.25, 0.3) is 93.0 Å². The summed E-state index contributed by atoms with van der Waals surface area (Å²) in [6.45, 7) is 0. The Hall–Kier alpha value is -7.94. The van der Waals surface area contributed by atoms with E-state index in [1.54, 1.807) is 0 Å². The number of nitrogens with zero attached hydrogens (tertiary/aromatic N) is 2. The molecule has 2 nitrogen and oxygen atoms in total. The van der Waals surface area contributed by atoms with Gasteiger partial charge < -0.3 is 9.30 Å². The molecular formula is C58H38N2. The number of anilines is 3. The second kappa shape index (κ2) is 13.9. The molecule has 0 aliphatic rings. The van der Waals surface area contributed by atoms with E-state index in [9.17, 15) is 0 Å². The van der Waals surface area contributed by atoms with Gasteiger partial charge in [-0.1, -0.05) is 188 Å². The number of rotatable bonds is 6. The summed E-state index contributed by atoms with van der Waals surface area (Å²) in [5, 5.41) is 11.1. The average Bonchev–Trinajstić information content (AvgIpc) is 3.68. The maximum absolute atomic E-state index is 2.48. The molecule has 0 radical (unpaired) electrons. The van der Waals surface area contributed by atoms with Gasteiger partial charge in [-0.2, -0.15) is 0 Å². The van der Waals surface area contributed by atoms with Crippen LogP contribution in [0.5, 0.6) is 0 Å². The third-order valence-corrected chi connectivity index (χ3v) is 12.3. The van der Waals surface area contributed by atoms with Crippen molar-refractivity contribution in [1.29, 1.82) is 0 Å². The molecule has 0 amide bonds. The Kier molecular flexibility index (Phi) is 7.89. The number of fused-ring (bicyclic) bond motifs is 9. The number of aromatic nitrogens is 1. The molecule has 10 aromatic carbocycles. The smallest absolute Gasteiger partial charge is 0.0625 e. The highest BCUT2D eigenvalue weighted by Crippen LogP contribution is 2.45. The van der Waals surface area contributed by atoms with Crippen molar-refractivity contribution in [2.45, 2.75) is 0 Å². The van der Waals surface area contributed by atoms with Crippen molar-refractivity contribution in [3.05, 3.63) is 231 Å². The topological polar surface area (TPSA) is 7.65 Å². The minimum atomic E-state index is 1.09. The minimum absolute atomic E-state index is 1.09. The molecule has 2 heteroatoms. The van der Waals surface area contributed by atoms with E-state index in [1.165, 1.54) is 81.8 Å².